The summed E-state index contributed by atoms with van der Waals surface area (Å²) in [5.74, 6) is -0.481. The van der Waals surface area contributed by atoms with Crippen molar-refractivity contribution in [3.8, 4) is 5.75 Å². The number of nitrogens with one attached hydrogen (secondary N) is 2. The van der Waals surface area contributed by atoms with Crippen LogP contribution < -0.4 is 20.5 Å². The molecule has 4 N–H and O–H groups in total. The first-order valence-electron chi connectivity index (χ1n) is 7.91. The van der Waals surface area contributed by atoms with Gasteiger partial charge in [-0.15, -0.1) is 0 Å². The van der Waals surface area contributed by atoms with Crippen LogP contribution in [0.25, 0.3) is 0 Å². The molecule has 0 unspecified atom stereocenters. The van der Waals surface area contributed by atoms with Gasteiger partial charge in [0.25, 0.3) is 5.91 Å². The van der Waals surface area contributed by atoms with Gasteiger partial charge >= 0.3 is 6.09 Å². The van der Waals surface area contributed by atoms with Crippen LogP contribution in [0.2, 0.25) is 0 Å². The molecule has 28 heavy (non-hydrogen) atoms. The molecule has 0 aliphatic heterocycles. The molecule has 2 aromatic carbocycles. The van der Waals surface area contributed by atoms with E-state index in [4.69, 9.17) is 14.6 Å². The second kappa shape index (κ2) is 9.04. The first kappa shape index (κ1) is 21.7. The van der Waals surface area contributed by atoms with E-state index in [2.05, 4.69) is 26.6 Å². The number of benzene rings is 2. The van der Waals surface area contributed by atoms with Crippen molar-refractivity contribution < 1.29 is 27.5 Å². The Hall–Kier alpha value is -2.63. The molecule has 0 saturated heterocycles. The Labute approximate surface area is 170 Å². The van der Waals surface area contributed by atoms with Gasteiger partial charge in [-0.25, -0.2) is 18.4 Å². The number of halogens is 1. The number of carbonyl (C=O) groups is 2. The van der Waals surface area contributed by atoms with Crippen LogP contribution in [0.5, 0.6) is 5.75 Å². The number of hydrogen-bond donors (Lipinski definition) is 3. The molecule has 2 amide bonds. The predicted molar refractivity (Wildman–Crippen MR) is 107 cm³/mol. The largest absolute Gasteiger partial charge is 0.495 e. The molecular weight excluding hydrogens is 454 g/mol. The summed E-state index contributed by atoms with van der Waals surface area (Å²) in [6, 6.07) is 8.57. The molecule has 0 radical (unpaired) electrons. The van der Waals surface area contributed by atoms with Crippen LogP contribution in [0.3, 0.4) is 0 Å². The van der Waals surface area contributed by atoms with Crippen LogP contribution in [-0.4, -0.2) is 34.1 Å². The fraction of sp³-hybridized carbons (Fsp3) is 0.176. The summed E-state index contributed by atoms with van der Waals surface area (Å²) in [6.07, 6.45) is -0.649. The first-order valence-corrected chi connectivity index (χ1v) is 10.2. The maximum Gasteiger partial charge on any atom is 0.411 e. The van der Waals surface area contributed by atoms with E-state index < -0.39 is 22.0 Å². The molecule has 0 bridgehead atoms. The van der Waals surface area contributed by atoms with Crippen LogP contribution in [-0.2, 0) is 14.8 Å². The SMILES string of the molecule is CCOC(=O)Nc1cc(C(=O)Nc2ccc(S(N)(=O)=O)c(OC)c2)ccc1Br. The molecular formula is C17H18BrN3O6S. The Balaban J connectivity index is 2.24. The molecule has 0 fully saturated rings. The molecule has 0 aliphatic carbocycles. The predicted octanol–water partition coefficient (Wildman–Crippen LogP) is 2.93. The van der Waals surface area contributed by atoms with Crippen LogP contribution in [0.4, 0.5) is 16.2 Å². The third-order valence-electron chi connectivity index (χ3n) is 3.47. The lowest BCUT2D eigenvalue weighted by atomic mass is 10.2. The highest BCUT2D eigenvalue weighted by Crippen LogP contribution is 2.28. The Bertz CT molecular complexity index is 1010. The highest BCUT2D eigenvalue weighted by atomic mass is 79.9. The standard InChI is InChI=1S/C17H18BrN3O6S/c1-3-27-17(23)21-13-8-10(4-6-12(13)18)16(22)20-11-5-7-15(28(19,24)25)14(9-11)26-2/h4-9H,3H2,1-2H3,(H,20,22)(H,21,23)(H2,19,24,25). The van der Waals surface area contributed by atoms with E-state index in [-0.39, 0.29) is 22.8 Å². The molecule has 2 aromatic rings. The topological polar surface area (TPSA) is 137 Å². The summed E-state index contributed by atoms with van der Waals surface area (Å²) in [7, 11) is -2.68. The van der Waals surface area contributed by atoms with Gasteiger partial charge in [0.1, 0.15) is 10.6 Å². The lowest BCUT2D eigenvalue weighted by Gasteiger charge is -2.12. The van der Waals surface area contributed by atoms with Crippen molar-refractivity contribution in [3.05, 3.63) is 46.4 Å². The maximum atomic E-state index is 12.5. The fourth-order valence-electron chi connectivity index (χ4n) is 2.22. The first-order chi connectivity index (χ1) is 13.2. The fourth-order valence-corrected chi connectivity index (χ4v) is 3.25. The lowest BCUT2D eigenvalue weighted by Crippen LogP contribution is -2.16. The van der Waals surface area contributed by atoms with Gasteiger partial charge in [-0.3, -0.25) is 10.1 Å². The molecule has 0 aromatic heterocycles. The van der Waals surface area contributed by atoms with Gasteiger partial charge in [0, 0.05) is 21.8 Å². The van der Waals surface area contributed by atoms with Crippen molar-refractivity contribution in [2.75, 3.05) is 24.4 Å². The van der Waals surface area contributed by atoms with Crippen molar-refractivity contribution in [3.63, 3.8) is 0 Å². The van der Waals surface area contributed by atoms with Gasteiger partial charge in [-0.1, -0.05) is 0 Å². The second-order valence-electron chi connectivity index (χ2n) is 5.40. The number of anilines is 2. The zero-order valence-electron chi connectivity index (χ0n) is 15.0. The van der Waals surface area contributed by atoms with Crippen molar-refractivity contribution in [2.45, 2.75) is 11.8 Å². The molecule has 0 atom stereocenters. The molecule has 9 nitrogen and oxygen atoms in total. The third-order valence-corrected chi connectivity index (χ3v) is 5.11. The number of primary sulfonamides is 1. The van der Waals surface area contributed by atoms with E-state index in [9.17, 15) is 18.0 Å². The minimum atomic E-state index is -3.96. The highest BCUT2D eigenvalue weighted by molar-refractivity contribution is 9.10. The van der Waals surface area contributed by atoms with E-state index in [1.54, 1.807) is 19.1 Å². The van der Waals surface area contributed by atoms with Gasteiger partial charge in [-0.05, 0) is 53.2 Å². The minimum absolute atomic E-state index is 0.000716. The molecule has 0 heterocycles. The average Bonchev–Trinajstić information content (AvgIpc) is 2.62. The number of sulfonamides is 1. The molecule has 0 spiro atoms. The number of ether oxygens (including phenoxy) is 2. The smallest absolute Gasteiger partial charge is 0.411 e. The van der Waals surface area contributed by atoms with Gasteiger partial charge < -0.3 is 14.8 Å². The second-order valence-corrected chi connectivity index (χ2v) is 7.79. The summed E-state index contributed by atoms with van der Waals surface area (Å²) in [5, 5.41) is 10.3. The summed E-state index contributed by atoms with van der Waals surface area (Å²) >= 11 is 3.28. The number of carbonyl (C=O) groups excluding carboxylic acids is 2. The monoisotopic (exact) mass is 471 g/mol. The van der Waals surface area contributed by atoms with Crippen molar-refractivity contribution in [2.24, 2.45) is 5.14 Å². The number of methoxy groups -OCH3 is 1. The quantitative estimate of drug-likeness (QED) is 0.591. The Kier molecular flexibility index (Phi) is 7.00. The van der Waals surface area contributed by atoms with Gasteiger partial charge in [0.05, 0.1) is 19.4 Å². The Morgan fingerprint density at radius 2 is 1.86 bits per heavy atom. The van der Waals surface area contributed by atoms with Crippen LogP contribution in [0.1, 0.15) is 17.3 Å². The van der Waals surface area contributed by atoms with Crippen LogP contribution in [0, 0.1) is 0 Å². The van der Waals surface area contributed by atoms with Crippen molar-refractivity contribution in [1.82, 2.24) is 0 Å². The Morgan fingerprint density at radius 1 is 1.14 bits per heavy atom. The summed E-state index contributed by atoms with van der Waals surface area (Å²) in [4.78, 5) is 23.9. The van der Waals surface area contributed by atoms with Crippen LogP contribution >= 0.6 is 15.9 Å². The summed E-state index contributed by atoms with van der Waals surface area (Å²) in [5.41, 5.74) is 0.912. The minimum Gasteiger partial charge on any atom is -0.495 e. The molecule has 11 heteroatoms. The van der Waals surface area contributed by atoms with E-state index >= 15 is 0 Å². The number of amides is 2. The van der Waals surface area contributed by atoms with Gasteiger partial charge in [0.15, 0.2) is 0 Å². The van der Waals surface area contributed by atoms with E-state index in [0.29, 0.717) is 15.8 Å². The maximum absolute atomic E-state index is 12.5. The number of nitrogens with two attached hydrogens (primary N) is 1. The Morgan fingerprint density at radius 3 is 2.46 bits per heavy atom. The van der Waals surface area contributed by atoms with Crippen molar-refractivity contribution in [1.29, 1.82) is 0 Å². The summed E-state index contributed by atoms with van der Waals surface area (Å²) < 4.78 is 33.5. The van der Waals surface area contributed by atoms with Crippen molar-refractivity contribution >= 4 is 49.3 Å². The molecule has 150 valence electrons. The van der Waals surface area contributed by atoms with Gasteiger partial charge in [-0.2, -0.15) is 0 Å². The zero-order valence-corrected chi connectivity index (χ0v) is 17.4. The highest BCUT2D eigenvalue weighted by Gasteiger charge is 2.17. The number of hydrogen-bond acceptors (Lipinski definition) is 6. The van der Waals surface area contributed by atoms with E-state index in [0.717, 1.165) is 0 Å². The van der Waals surface area contributed by atoms with Gasteiger partial charge in [0.2, 0.25) is 10.0 Å². The summed E-state index contributed by atoms with van der Waals surface area (Å²) in [6.45, 7) is 1.88. The lowest BCUT2D eigenvalue weighted by molar-refractivity contribution is 0.102. The normalized spacial score (nSPS) is 10.9. The molecule has 0 saturated carbocycles. The van der Waals surface area contributed by atoms with Crippen LogP contribution in [0.15, 0.2) is 45.8 Å². The molecule has 2 rings (SSSR count). The third kappa shape index (κ3) is 5.44. The zero-order chi connectivity index (χ0) is 20.9. The van der Waals surface area contributed by atoms with E-state index in [1.807, 2.05) is 0 Å². The number of rotatable bonds is 6. The van der Waals surface area contributed by atoms with E-state index in [1.165, 1.54) is 31.4 Å². The molecule has 0 aliphatic rings. The average molecular weight is 472 g/mol.